The van der Waals surface area contributed by atoms with Gasteiger partial charge in [-0.1, -0.05) is 0 Å². The number of rotatable bonds is 5. The minimum atomic E-state index is -4.44. The number of aliphatic hydroxyl groups excluding tert-OH is 1. The number of halogens is 2. The number of nitrogens with one attached hydrogen (secondary N) is 1. The van der Waals surface area contributed by atoms with Crippen LogP contribution in [0.1, 0.15) is 11.7 Å². The first kappa shape index (κ1) is 15.8. The quantitative estimate of drug-likeness (QED) is 0.725. The van der Waals surface area contributed by atoms with Crippen LogP contribution in [0.5, 0.6) is 0 Å². The van der Waals surface area contributed by atoms with Gasteiger partial charge in [-0.05, 0) is 34.5 Å². The molecule has 1 aromatic heterocycles. The molecule has 0 bridgehead atoms. The summed E-state index contributed by atoms with van der Waals surface area (Å²) in [5.41, 5.74) is 5.52. The van der Waals surface area contributed by atoms with E-state index in [2.05, 4.69) is 0 Å². The average molecular weight is 334 g/mol. The van der Waals surface area contributed by atoms with Gasteiger partial charge in [-0.3, -0.25) is 0 Å². The molecule has 1 unspecified atom stereocenters. The van der Waals surface area contributed by atoms with E-state index in [1.54, 1.807) is 16.8 Å². The van der Waals surface area contributed by atoms with Crippen molar-refractivity contribution in [2.24, 2.45) is 0 Å². The van der Waals surface area contributed by atoms with Crippen LogP contribution in [-0.4, -0.2) is 20.1 Å². The predicted molar refractivity (Wildman–Crippen MR) is 75.2 cm³/mol. The molecule has 0 spiro atoms. The Morgan fingerprint density at radius 1 is 1.33 bits per heavy atom. The SMILES string of the molecule is Nc1cc(F)c(S(=O)(=O)NCC(O)c2ccsc2)c(F)c1. The number of aliphatic hydroxyl groups is 1. The predicted octanol–water partition coefficient (Wildman–Crippen LogP) is 1.62. The molecule has 1 atom stereocenters. The molecule has 0 saturated heterocycles. The van der Waals surface area contributed by atoms with Gasteiger partial charge in [0.25, 0.3) is 0 Å². The number of thiophene rings is 1. The number of sulfonamides is 1. The lowest BCUT2D eigenvalue weighted by Crippen LogP contribution is -2.30. The van der Waals surface area contributed by atoms with E-state index in [0.29, 0.717) is 17.7 Å². The van der Waals surface area contributed by atoms with Gasteiger partial charge in [-0.2, -0.15) is 11.3 Å². The molecule has 0 amide bonds. The Labute approximate surface area is 124 Å². The molecule has 2 aromatic rings. The van der Waals surface area contributed by atoms with Crippen LogP contribution in [0.25, 0.3) is 0 Å². The van der Waals surface area contributed by atoms with E-state index in [1.807, 2.05) is 4.72 Å². The maximum atomic E-state index is 13.6. The topological polar surface area (TPSA) is 92.4 Å². The normalized spacial score (nSPS) is 13.3. The second kappa shape index (κ2) is 6.06. The van der Waals surface area contributed by atoms with Crippen molar-refractivity contribution in [1.29, 1.82) is 0 Å². The lowest BCUT2D eigenvalue weighted by molar-refractivity contribution is 0.182. The minimum Gasteiger partial charge on any atom is -0.399 e. The summed E-state index contributed by atoms with van der Waals surface area (Å²) < 4.78 is 53.0. The largest absolute Gasteiger partial charge is 0.399 e. The molecule has 9 heteroatoms. The zero-order chi connectivity index (χ0) is 15.6. The number of anilines is 1. The highest BCUT2D eigenvalue weighted by molar-refractivity contribution is 7.89. The smallest absolute Gasteiger partial charge is 0.246 e. The fourth-order valence-corrected chi connectivity index (χ4v) is 3.54. The highest BCUT2D eigenvalue weighted by atomic mass is 32.2. The highest BCUT2D eigenvalue weighted by Crippen LogP contribution is 2.22. The first-order chi connectivity index (χ1) is 9.81. The van der Waals surface area contributed by atoms with Gasteiger partial charge in [0.2, 0.25) is 10.0 Å². The molecule has 1 heterocycles. The van der Waals surface area contributed by atoms with E-state index in [-0.39, 0.29) is 5.69 Å². The second-order valence-electron chi connectivity index (χ2n) is 4.24. The van der Waals surface area contributed by atoms with Crippen LogP contribution in [0, 0.1) is 11.6 Å². The zero-order valence-corrected chi connectivity index (χ0v) is 12.2. The highest BCUT2D eigenvalue weighted by Gasteiger charge is 2.25. The van der Waals surface area contributed by atoms with Crippen LogP contribution in [0.4, 0.5) is 14.5 Å². The second-order valence-corrected chi connectivity index (χ2v) is 6.72. The third-order valence-corrected chi connectivity index (χ3v) is 4.86. The van der Waals surface area contributed by atoms with Crippen molar-refractivity contribution in [3.63, 3.8) is 0 Å². The molecule has 0 aliphatic rings. The van der Waals surface area contributed by atoms with Crippen LogP contribution in [0.15, 0.2) is 33.9 Å². The van der Waals surface area contributed by atoms with Crippen LogP contribution < -0.4 is 10.5 Å². The molecule has 2 rings (SSSR count). The fourth-order valence-electron chi connectivity index (χ4n) is 1.68. The van der Waals surface area contributed by atoms with Crippen molar-refractivity contribution in [3.05, 3.63) is 46.2 Å². The van der Waals surface area contributed by atoms with Crippen molar-refractivity contribution in [2.45, 2.75) is 11.0 Å². The molecule has 114 valence electrons. The lowest BCUT2D eigenvalue weighted by atomic mass is 10.2. The van der Waals surface area contributed by atoms with Crippen LogP contribution in [0.2, 0.25) is 0 Å². The summed E-state index contributed by atoms with van der Waals surface area (Å²) in [6, 6.07) is 3.05. The van der Waals surface area contributed by atoms with Crippen molar-refractivity contribution < 1.29 is 22.3 Å². The van der Waals surface area contributed by atoms with Crippen molar-refractivity contribution >= 4 is 27.0 Å². The number of hydrogen-bond acceptors (Lipinski definition) is 5. The van der Waals surface area contributed by atoms with Crippen LogP contribution >= 0.6 is 11.3 Å². The monoisotopic (exact) mass is 334 g/mol. The molecular weight excluding hydrogens is 322 g/mol. The van der Waals surface area contributed by atoms with Gasteiger partial charge in [0.15, 0.2) is 4.90 Å². The summed E-state index contributed by atoms with van der Waals surface area (Å²) in [6.45, 7) is -0.400. The Morgan fingerprint density at radius 3 is 2.48 bits per heavy atom. The average Bonchev–Trinajstić information content (AvgIpc) is 2.88. The maximum Gasteiger partial charge on any atom is 0.246 e. The van der Waals surface area contributed by atoms with Gasteiger partial charge in [-0.15, -0.1) is 0 Å². The summed E-state index contributed by atoms with van der Waals surface area (Å²) in [6.07, 6.45) is -1.11. The Bertz CT molecular complexity index is 710. The Morgan fingerprint density at radius 2 is 1.95 bits per heavy atom. The molecule has 4 N–H and O–H groups in total. The van der Waals surface area contributed by atoms with E-state index < -0.39 is 39.2 Å². The Hall–Kier alpha value is -1.55. The standard InChI is InChI=1S/C12H12F2N2O3S2/c13-9-3-8(15)4-10(14)12(9)21(18,19)16-5-11(17)7-1-2-20-6-7/h1-4,6,11,16-17H,5,15H2. The molecular formula is C12H12F2N2O3S2. The molecule has 0 aliphatic heterocycles. The first-order valence-corrected chi connectivity index (χ1v) is 8.18. The van der Waals surface area contributed by atoms with Crippen molar-refractivity contribution in [2.75, 3.05) is 12.3 Å². The minimum absolute atomic E-state index is 0.220. The molecule has 1 aromatic carbocycles. The first-order valence-electron chi connectivity index (χ1n) is 5.75. The molecule has 0 aliphatic carbocycles. The summed E-state index contributed by atoms with van der Waals surface area (Å²) >= 11 is 1.33. The van der Waals surface area contributed by atoms with Gasteiger partial charge in [0.05, 0.1) is 6.10 Å². The summed E-state index contributed by atoms with van der Waals surface area (Å²) in [5.74, 6) is -2.57. The summed E-state index contributed by atoms with van der Waals surface area (Å²) in [5, 5.41) is 13.1. The lowest BCUT2D eigenvalue weighted by Gasteiger charge is -2.12. The summed E-state index contributed by atoms with van der Waals surface area (Å²) in [7, 11) is -4.44. The van der Waals surface area contributed by atoms with E-state index >= 15 is 0 Å². The van der Waals surface area contributed by atoms with Gasteiger partial charge in [-0.25, -0.2) is 21.9 Å². The molecule has 0 fully saturated rings. The van der Waals surface area contributed by atoms with Crippen LogP contribution in [-0.2, 0) is 10.0 Å². The van der Waals surface area contributed by atoms with E-state index in [9.17, 15) is 22.3 Å². The third-order valence-electron chi connectivity index (χ3n) is 2.68. The zero-order valence-electron chi connectivity index (χ0n) is 10.6. The fraction of sp³-hybridized carbons (Fsp3) is 0.167. The van der Waals surface area contributed by atoms with E-state index in [4.69, 9.17) is 5.73 Å². The number of nitrogens with two attached hydrogens (primary N) is 1. The van der Waals surface area contributed by atoms with Gasteiger partial charge in [0, 0.05) is 12.2 Å². The van der Waals surface area contributed by atoms with E-state index in [0.717, 1.165) is 0 Å². The molecule has 21 heavy (non-hydrogen) atoms. The van der Waals surface area contributed by atoms with Crippen LogP contribution in [0.3, 0.4) is 0 Å². The van der Waals surface area contributed by atoms with E-state index in [1.165, 1.54) is 11.3 Å². The van der Waals surface area contributed by atoms with Gasteiger partial charge < -0.3 is 10.8 Å². The van der Waals surface area contributed by atoms with Crippen molar-refractivity contribution in [1.82, 2.24) is 4.72 Å². The maximum absolute atomic E-state index is 13.6. The molecule has 5 nitrogen and oxygen atoms in total. The number of nitrogen functional groups attached to an aromatic ring is 1. The Balaban J connectivity index is 2.20. The third kappa shape index (κ3) is 3.56. The number of benzene rings is 1. The van der Waals surface area contributed by atoms with Gasteiger partial charge in [0.1, 0.15) is 11.6 Å². The molecule has 0 radical (unpaired) electrons. The number of hydrogen-bond donors (Lipinski definition) is 3. The van der Waals surface area contributed by atoms with Crippen molar-refractivity contribution in [3.8, 4) is 0 Å². The summed E-state index contributed by atoms with van der Waals surface area (Å²) in [4.78, 5) is -1.12. The Kier molecular flexibility index (Phi) is 4.57. The molecule has 0 saturated carbocycles. The van der Waals surface area contributed by atoms with Gasteiger partial charge >= 0.3 is 0 Å².